The van der Waals surface area contributed by atoms with Gasteiger partial charge in [0.1, 0.15) is 23.9 Å². The SMILES string of the molecule is CCc1cc(N2[C@H](S)N(c3ccc(C#N)c(C(F)(F)F)c3)C(=O)C2(C)C)ccc1OCCN1C[C@H](C)N(CC(=O)Nc2cc(Cl)cc(NC3CCC(=O)NC3=O)c2)C[C@@H]1C. The van der Waals surface area contributed by atoms with Gasteiger partial charge in [-0.3, -0.25) is 39.2 Å². The van der Waals surface area contributed by atoms with Gasteiger partial charge in [-0.05, 0) is 101 Å². The van der Waals surface area contributed by atoms with Crippen molar-refractivity contribution in [3.63, 3.8) is 0 Å². The normalized spacial score (nSPS) is 22.4. The van der Waals surface area contributed by atoms with Crippen LogP contribution in [0.25, 0.3) is 0 Å². The standard InChI is InChI=1S/C42H48ClF3N8O5S/c1-6-26-15-32(54-40(60)53(39(58)41(54,4)5)31-8-7-27(20-47)33(19-31)42(44,45)46)9-11-35(26)59-14-13-51-21-25(3)52(22-24(51)2)23-37(56)49-30-17-28(43)16-29(18-30)48-34-10-12-36(55)50-38(34)57/h7-9,11,15-19,24-25,34,40,48,60H,6,10,12-14,21-23H2,1-5H3,(H,49,56)(H,50,55,57)/t24-,25-,34?,40+/m0/s1. The smallest absolute Gasteiger partial charge is 0.417 e. The van der Waals surface area contributed by atoms with E-state index in [0.29, 0.717) is 66.9 Å². The van der Waals surface area contributed by atoms with Crippen LogP contribution in [0.2, 0.25) is 5.02 Å². The Morgan fingerprint density at radius 3 is 2.38 bits per heavy atom. The molecule has 0 aliphatic carbocycles. The third-order valence-electron chi connectivity index (χ3n) is 11.2. The molecule has 4 amide bonds. The van der Waals surface area contributed by atoms with Crippen LogP contribution in [0, 0.1) is 11.3 Å². The van der Waals surface area contributed by atoms with Crippen LogP contribution in [-0.4, -0.2) is 95.4 Å². The third kappa shape index (κ3) is 9.62. The highest BCUT2D eigenvalue weighted by Gasteiger charge is 2.52. The second-order valence-corrected chi connectivity index (χ2v) is 16.7. The Balaban J connectivity index is 1.04. The molecule has 0 aromatic heterocycles. The number of imide groups is 1. The summed E-state index contributed by atoms with van der Waals surface area (Å²) in [5, 5.41) is 18.0. The summed E-state index contributed by atoms with van der Waals surface area (Å²) >= 11 is 11.1. The minimum Gasteiger partial charge on any atom is -0.492 e. The summed E-state index contributed by atoms with van der Waals surface area (Å²) in [6, 6.07) is 14.9. The monoisotopic (exact) mass is 868 g/mol. The highest BCUT2D eigenvalue weighted by molar-refractivity contribution is 7.81. The molecule has 3 saturated heterocycles. The second-order valence-electron chi connectivity index (χ2n) is 15.8. The fourth-order valence-electron chi connectivity index (χ4n) is 8.00. The number of amides is 4. The van der Waals surface area contributed by atoms with Crippen LogP contribution in [0.15, 0.2) is 54.6 Å². The van der Waals surface area contributed by atoms with Gasteiger partial charge < -0.3 is 20.3 Å². The van der Waals surface area contributed by atoms with E-state index in [1.54, 1.807) is 43.0 Å². The lowest BCUT2D eigenvalue weighted by Gasteiger charge is -2.43. The topological polar surface area (TPSA) is 150 Å². The number of carbonyl (C=O) groups excluding carboxylic acids is 4. The van der Waals surface area contributed by atoms with Gasteiger partial charge in [0, 0.05) is 65.9 Å². The second kappa shape index (κ2) is 17.9. The maximum Gasteiger partial charge on any atom is 0.417 e. The van der Waals surface area contributed by atoms with E-state index in [1.165, 1.54) is 11.0 Å². The molecule has 60 heavy (non-hydrogen) atoms. The highest BCUT2D eigenvalue weighted by Crippen LogP contribution is 2.43. The number of hydrogen-bond acceptors (Lipinski definition) is 11. The summed E-state index contributed by atoms with van der Waals surface area (Å²) < 4.78 is 47.7. The molecule has 3 aromatic carbocycles. The number of carbonyl (C=O) groups is 4. The number of hydrogen-bond donors (Lipinski definition) is 4. The summed E-state index contributed by atoms with van der Waals surface area (Å²) in [7, 11) is 0. The molecule has 0 spiro atoms. The fourth-order valence-corrected chi connectivity index (χ4v) is 8.89. The minimum absolute atomic E-state index is 0.0144. The van der Waals surface area contributed by atoms with Gasteiger partial charge >= 0.3 is 6.18 Å². The van der Waals surface area contributed by atoms with Crippen molar-refractivity contribution >= 4 is 70.6 Å². The van der Waals surface area contributed by atoms with Crippen LogP contribution in [0.1, 0.15) is 64.2 Å². The number of anilines is 4. The molecule has 0 saturated carbocycles. The number of ether oxygens (including phenoxy) is 1. The van der Waals surface area contributed by atoms with Crippen LogP contribution in [0.3, 0.4) is 0 Å². The van der Waals surface area contributed by atoms with Crippen molar-refractivity contribution < 1.29 is 37.1 Å². The van der Waals surface area contributed by atoms with E-state index < -0.39 is 46.2 Å². The van der Waals surface area contributed by atoms with Gasteiger partial charge in [-0.15, -0.1) is 12.6 Å². The first-order chi connectivity index (χ1) is 28.3. The van der Waals surface area contributed by atoms with Crippen LogP contribution < -0.4 is 30.5 Å². The van der Waals surface area contributed by atoms with E-state index in [4.69, 9.17) is 29.0 Å². The summed E-state index contributed by atoms with van der Waals surface area (Å²) in [6.45, 7) is 12.1. The summed E-state index contributed by atoms with van der Waals surface area (Å²) in [6.07, 6.45) is -3.59. The number of thiol groups is 1. The number of piperidine rings is 1. The Bertz CT molecular complexity index is 2200. The fraction of sp³-hybridized carbons (Fsp3) is 0.452. The molecule has 13 nitrogen and oxygen atoms in total. The average Bonchev–Trinajstić information content (AvgIpc) is 3.35. The van der Waals surface area contributed by atoms with E-state index in [2.05, 4.69) is 39.6 Å². The average molecular weight is 869 g/mol. The zero-order valence-corrected chi connectivity index (χ0v) is 35.5. The van der Waals surface area contributed by atoms with E-state index in [1.807, 2.05) is 25.1 Å². The van der Waals surface area contributed by atoms with Gasteiger partial charge in [0.2, 0.25) is 17.7 Å². The van der Waals surface area contributed by atoms with Crippen molar-refractivity contribution in [1.29, 1.82) is 5.26 Å². The lowest BCUT2D eigenvalue weighted by atomic mass is 10.0. The molecular weight excluding hydrogens is 821 g/mol. The van der Waals surface area contributed by atoms with Crippen molar-refractivity contribution in [2.75, 3.05) is 53.2 Å². The quantitative estimate of drug-likeness (QED) is 0.121. The molecule has 0 bridgehead atoms. The predicted molar refractivity (Wildman–Crippen MR) is 226 cm³/mol. The molecule has 3 heterocycles. The molecule has 6 rings (SSSR count). The molecule has 3 fully saturated rings. The summed E-state index contributed by atoms with van der Waals surface area (Å²) in [5.41, 5.74) is -1.23. The third-order valence-corrected chi connectivity index (χ3v) is 11.9. The molecule has 0 radical (unpaired) electrons. The molecule has 3 aromatic rings. The van der Waals surface area contributed by atoms with Crippen LogP contribution in [0.5, 0.6) is 5.75 Å². The van der Waals surface area contributed by atoms with E-state index in [0.717, 1.165) is 17.7 Å². The van der Waals surface area contributed by atoms with E-state index >= 15 is 0 Å². The maximum absolute atomic E-state index is 13.8. The van der Waals surface area contributed by atoms with Gasteiger partial charge in [0.15, 0.2) is 5.50 Å². The van der Waals surface area contributed by atoms with Gasteiger partial charge in [-0.1, -0.05) is 18.5 Å². The van der Waals surface area contributed by atoms with Gasteiger partial charge in [-0.2, -0.15) is 18.4 Å². The van der Waals surface area contributed by atoms with Crippen molar-refractivity contribution in [3.05, 3.63) is 76.3 Å². The minimum atomic E-state index is -4.78. The number of nitrogens with zero attached hydrogens (tertiary/aromatic N) is 5. The number of benzene rings is 3. The van der Waals surface area contributed by atoms with Crippen molar-refractivity contribution in [2.24, 2.45) is 0 Å². The summed E-state index contributed by atoms with van der Waals surface area (Å²) in [4.78, 5) is 58.1. The molecular formula is C42H48ClF3N8O5S. The zero-order chi connectivity index (χ0) is 43.7. The number of rotatable bonds is 12. The van der Waals surface area contributed by atoms with Crippen molar-refractivity contribution in [2.45, 2.75) is 89.2 Å². The van der Waals surface area contributed by atoms with E-state index in [9.17, 15) is 37.6 Å². The van der Waals surface area contributed by atoms with Crippen molar-refractivity contribution in [3.8, 4) is 11.8 Å². The number of nitriles is 1. The number of aryl methyl sites for hydroxylation is 1. The first kappa shape index (κ1) is 44.5. The Morgan fingerprint density at radius 2 is 1.70 bits per heavy atom. The Morgan fingerprint density at radius 1 is 1.02 bits per heavy atom. The first-order valence-corrected chi connectivity index (χ1v) is 20.6. The van der Waals surface area contributed by atoms with Gasteiger partial charge in [-0.25, -0.2) is 0 Å². The maximum atomic E-state index is 13.8. The lowest BCUT2D eigenvalue weighted by Crippen LogP contribution is -2.58. The predicted octanol–water partition coefficient (Wildman–Crippen LogP) is 6.27. The lowest BCUT2D eigenvalue weighted by molar-refractivity contribution is -0.138. The summed E-state index contributed by atoms with van der Waals surface area (Å²) in [5.74, 6) is -0.699. The van der Waals surface area contributed by atoms with Crippen molar-refractivity contribution in [1.82, 2.24) is 15.1 Å². The molecule has 1 unspecified atom stereocenters. The molecule has 3 aliphatic heterocycles. The largest absolute Gasteiger partial charge is 0.492 e. The number of nitrogens with one attached hydrogen (secondary N) is 3. The Labute approximate surface area is 357 Å². The van der Waals surface area contributed by atoms with Crippen LogP contribution in [-0.2, 0) is 31.8 Å². The first-order valence-electron chi connectivity index (χ1n) is 19.7. The number of halogens is 4. The number of alkyl halides is 3. The molecule has 320 valence electrons. The van der Waals surface area contributed by atoms with Gasteiger partial charge in [0.25, 0.3) is 5.91 Å². The van der Waals surface area contributed by atoms with E-state index in [-0.39, 0.29) is 42.6 Å². The van der Waals surface area contributed by atoms with Gasteiger partial charge in [0.05, 0.1) is 23.7 Å². The Kier molecular flexibility index (Phi) is 13.3. The number of piperazine rings is 1. The van der Waals surface area contributed by atoms with Crippen LogP contribution in [0.4, 0.5) is 35.9 Å². The zero-order valence-electron chi connectivity index (χ0n) is 33.9. The highest BCUT2D eigenvalue weighted by atomic mass is 35.5. The molecule has 4 atom stereocenters. The molecule has 3 N–H and O–H groups in total. The molecule has 18 heteroatoms. The molecule has 3 aliphatic rings. The Hall–Kier alpha value is -5.02. The van der Waals surface area contributed by atoms with Crippen LogP contribution >= 0.6 is 24.2 Å².